The first-order valence-electron chi connectivity index (χ1n) is 24.0. The molecule has 22 nitrogen and oxygen atoms in total. The lowest BCUT2D eigenvalue weighted by molar-refractivity contribution is 0.100. The Morgan fingerprint density at radius 1 is 0.237 bits per heavy atom. The van der Waals surface area contributed by atoms with Crippen LogP contribution < -0.4 is 79.3 Å². The minimum atomic E-state index is -0.750. The summed E-state index contributed by atoms with van der Waals surface area (Å²) in [6.07, 6.45) is 0. The predicted octanol–water partition coefficient (Wildman–Crippen LogP) is 9.29. The quantitative estimate of drug-likeness (QED) is 0.0369. The minimum Gasteiger partial charge on any atom is -0.496 e. The summed E-state index contributed by atoms with van der Waals surface area (Å²) in [5.74, 6) is -2.46. The van der Waals surface area contributed by atoms with Crippen molar-refractivity contribution in [2.75, 3.05) is 103 Å². The van der Waals surface area contributed by atoms with Crippen LogP contribution in [-0.4, -0.2) is 107 Å². The van der Waals surface area contributed by atoms with Gasteiger partial charge in [0.25, 0.3) is 35.4 Å². The number of methoxy groups -OCH3 is 10. The number of para-hydroxylation sites is 4. The second-order valence-electron chi connectivity index (χ2n) is 16.7. The summed E-state index contributed by atoms with van der Waals surface area (Å²) in [4.78, 5) is 83.5. The third-order valence-electron chi connectivity index (χ3n) is 12.2. The largest absolute Gasteiger partial charge is 0.496 e. The highest BCUT2D eigenvalue weighted by molar-refractivity contribution is 6.16. The van der Waals surface area contributed by atoms with Crippen molar-refractivity contribution < 1.29 is 76.1 Å². The highest BCUT2D eigenvalue weighted by Crippen LogP contribution is 2.41. The third-order valence-corrected chi connectivity index (χ3v) is 12.2. The summed E-state index contributed by atoms with van der Waals surface area (Å²) in [5, 5.41) is 16.7. The van der Waals surface area contributed by atoms with Gasteiger partial charge in [0.05, 0.1) is 139 Å². The molecule has 7 rings (SSSR count). The molecule has 0 spiro atoms. The Bertz CT molecular complexity index is 3290. The number of benzene rings is 7. The van der Waals surface area contributed by atoms with Gasteiger partial charge in [0, 0.05) is 18.2 Å². The van der Waals surface area contributed by atoms with Gasteiger partial charge in [-0.1, -0.05) is 36.4 Å². The van der Waals surface area contributed by atoms with Crippen molar-refractivity contribution >= 4 is 69.6 Å². The van der Waals surface area contributed by atoms with E-state index in [4.69, 9.17) is 47.4 Å². The maximum Gasteiger partial charge on any atom is 0.259 e. The fraction of sp³-hybridized carbons (Fsp3) is 0.172. The first-order valence-corrected chi connectivity index (χ1v) is 24.0. The van der Waals surface area contributed by atoms with Gasteiger partial charge in [0.2, 0.25) is 0 Å². The Morgan fingerprint density at radius 2 is 0.438 bits per heavy atom. The van der Waals surface area contributed by atoms with Crippen molar-refractivity contribution in [2.45, 2.75) is 0 Å². The Kier molecular flexibility index (Phi) is 18.5. The molecule has 0 bridgehead atoms. The fourth-order valence-electron chi connectivity index (χ4n) is 8.31. The van der Waals surface area contributed by atoms with Gasteiger partial charge in [-0.2, -0.15) is 0 Å². The number of carbonyl (C=O) groups excluding carboxylic acids is 6. The number of amides is 6. The Hall–Kier alpha value is -10.6. The minimum absolute atomic E-state index is 0.0567. The third kappa shape index (κ3) is 12.3. The first-order chi connectivity index (χ1) is 38.7. The number of ether oxygens (including phenoxy) is 10. The molecule has 22 heteroatoms. The summed E-state index contributed by atoms with van der Waals surface area (Å²) >= 11 is 0. The Labute approximate surface area is 459 Å². The zero-order chi connectivity index (χ0) is 57.6. The topological polar surface area (TPSA) is 267 Å². The van der Waals surface area contributed by atoms with Crippen molar-refractivity contribution in [3.8, 4) is 57.5 Å². The lowest BCUT2D eigenvalue weighted by atomic mass is 10.1. The average Bonchev–Trinajstić information content (AvgIpc) is 3.52. The molecule has 7 aromatic carbocycles. The molecule has 0 aliphatic carbocycles. The summed E-state index contributed by atoms with van der Waals surface area (Å²) in [6, 6.07) is 30.7. The van der Waals surface area contributed by atoms with E-state index in [2.05, 4.69) is 31.9 Å². The van der Waals surface area contributed by atoms with Crippen molar-refractivity contribution in [3.05, 3.63) is 155 Å². The first kappa shape index (κ1) is 57.1. The predicted molar refractivity (Wildman–Crippen MR) is 298 cm³/mol. The summed E-state index contributed by atoms with van der Waals surface area (Å²) in [7, 11) is 13.8. The van der Waals surface area contributed by atoms with E-state index in [0.717, 1.165) is 0 Å². The van der Waals surface area contributed by atoms with E-state index in [1.165, 1.54) is 144 Å². The second kappa shape index (κ2) is 25.9. The van der Waals surface area contributed by atoms with Gasteiger partial charge in [-0.05, 0) is 66.7 Å². The highest BCUT2D eigenvalue weighted by Gasteiger charge is 2.27. The van der Waals surface area contributed by atoms with Crippen LogP contribution >= 0.6 is 0 Å². The van der Waals surface area contributed by atoms with Crippen molar-refractivity contribution in [3.63, 3.8) is 0 Å². The molecule has 0 aliphatic rings. The van der Waals surface area contributed by atoms with Gasteiger partial charge in [-0.3, -0.25) is 28.8 Å². The van der Waals surface area contributed by atoms with Gasteiger partial charge in [-0.15, -0.1) is 0 Å². The van der Waals surface area contributed by atoms with E-state index >= 15 is 0 Å². The highest BCUT2D eigenvalue weighted by atomic mass is 16.5. The van der Waals surface area contributed by atoms with Crippen molar-refractivity contribution in [1.82, 2.24) is 0 Å². The number of nitrogens with one attached hydrogen (secondary N) is 6. The van der Waals surface area contributed by atoms with Crippen LogP contribution in [0.4, 0.5) is 34.1 Å². The molecule has 0 aromatic heterocycles. The van der Waals surface area contributed by atoms with Gasteiger partial charge >= 0.3 is 0 Å². The number of carbonyl (C=O) groups is 6. The molecule has 414 valence electrons. The van der Waals surface area contributed by atoms with Crippen LogP contribution in [0.3, 0.4) is 0 Å². The summed E-state index contributed by atoms with van der Waals surface area (Å²) in [5.41, 5.74) is 1.00. The van der Waals surface area contributed by atoms with Crippen molar-refractivity contribution in [2.24, 2.45) is 0 Å². The molecule has 0 atom stereocenters. The summed E-state index contributed by atoms with van der Waals surface area (Å²) in [6.45, 7) is 0. The van der Waals surface area contributed by atoms with E-state index in [1.54, 1.807) is 48.5 Å². The maximum absolute atomic E-state index is 14.3. The zero-order valence-corrected chi connectivity index (χ0v) is 45.1. The molecule has 6 N–H and O–H groups in total. The van der Waals surface area contributed by atoms with Crippen molar-refractivity contribution in [1.29, 1.82) is 0 Å². The van der Waals surface area contributed by atoms with Crippen LogP contribution in [0.5, 0.6) is 57.5 Å². The standard InChI is InChI=1S/C58H56N6O16/c1-71-43-23-13-11-17-31(43)53(65)59-37-25-39(47(75-5)28-45(37)73-3)61-55(67)33-19-15-21-35(51(33)79-9)57(69)63-41-27-42(50(78-8)30-49(41)77-7)64-58(70)36-22-16-20-34(52(36)80-10)56(68)62-40-26-38(46(74-4)29-48(40)76-6)60-54(66)32-18-12-14-24-44(32)72-2/h11-30H,1-10H3,(H,59,65)(H,60,66)(H,61,67)(H,62,68)(H,63,69)(H,64,70). The molecule has 80 heavy (non-hydrogen) atoms. The lowest BCUT2D eigenvalue weighted by Crippen LogP contribution is -2.20. The number of hydrogen-bond acceptors (Lipinski definition) is 16. The van der Waals surface area contributed by atoms with Gasteiger partial charge in [0.15, 0.2) is 0 Å². The Balaban J connectivity index is 1.12. The second-order valence-corrected chi connectivity index (χ2v) is 16.7. The van der Waals surface area contributed by atoms with E-state index in [-0.39, 0.29) is 114 Å². The van der Waals surface area contributed by atoms with Crippen LogP contribution in [0.1, 0.15) is 62.1 Å². The molecule has 0 saturated heterocycles. The molecule has 7 aromatic rings. The normalized spacial score (nSPS) is 10.4. The number of anilines is 6. The molecule has 0 unspecified atom stereocenters. The molecule has 0 aliphatic heterocycles. The van der Waals surface area contributed by atoms with Crippen LogP contribution in [0.25, 0.3) is 0 Å². The van der Waals surface area contributed by atoms with Crippen LogP contribution in [0.15, 0.2) is 121 Å². The molecular weight excluding hydrogens is 1040 g/mol. The van der Waals surface area contributed by atoms with E-state index in [9.17, 15) is 28.8 Å². The van der Waals surface area contributed by atoms with E-state index in [1.807, 2.05) is 0 Å². The SMILES string of the molecule is COc1cc(OC)c(NC(=O)c2cccc(C(=O)Nc3cc(NC(=O)c4cccc(C(=O)Nc5cc(NC(=O)c6ccccc6OC)c(OC)cc5OC)c4OC)c(OC)cc3OC)c2OC)cc1NC(=O)c1ccccc1OC. The van der Waals surface area contributed by atoms with E-state index < -0.39 is 35.4 Å². The van der Waals surface area contributed by atoms with Crippen LogP contribution in [0, 0.1) is 0 Å². The van der Waals surface area contributed by atoms with E-state index in [0.29, 0.717) is 11.5 Å². The lowest BCUT2D eigenvalue weighted by Gasteiger charge is -2.19. The van der Waals surface area contributed by atoms with Gasteiger partial charge in [0.1, 0.15) is 57.5 Å². The maximum atomic E-state index is 14.3. The summed E-state index contributed by atoms with van der Waals surface area (Å²) < 4.78 is 55.5. The zero-order valence-electron chi connectivity index (χ0n) is 45.1. The smallest absolute Gasteiger partial charge is 0.259 e. The number of rotatable bonds is 22. The molecule has 0 radical (unpaired) electrons. The van der Waals surface area contributed by atoms with Crippen LogP contribution in [0.2, 0.25) is 0 Å². The fourth-order valence-corrected chi connectivity index (χ4v) is 8.31. The van der Waals surface area contributed by atoms with Gasteiger partial charge in [-0.25, -0.2) is 0 Å². The van der Waals surface area contributed by atoms with Crippen LogP contribution in [-0.2, 0) is 0 Å². The van der Waals surface area contributed by atoms with Gasteiger partial charge < -0.3 is 79.3 Å². The molecular formula is C58H56N6O16. The molecule has 6 amide bonds. The monoisotopic (exact) mass is 1090 g/mol. The number of hydrogen-bond donors (Lipinski definition) is 6. The molecule has 0 fully saturated rings. The Morgan fingerprint density at radius 3 is 0.650 bits per heavy atom. The molecule has 0 saturated carbocycles. The molecule has 0 heterocycles. The average molecular weight is 1090 g/mol.